The molecule has 2 unspecified atom stereocenters. The van der Waals surface area contributed by atoms with Crippen molar-refractivity contribution in [2.75, 3.05) is 17.7 Å². The molecule has 2 atom stereocenters. The van der Waals surface area contributed by atoms with E-state index < -0.39 is 6.04 Å². The Labute approximate surface area is 144 Å². The number of anilines is 1. The highest BCUT2D eigenvalue weighted by Gasteiger charge is 2.52. The third-order valence-corrected chi connectivity index (χ3v) is 5.92. The lowest BCUT2D eigenvalue weighted by molar-refractivity contribution is -0.135. The number of amides is 2. The van der Waals surface area contributed by atoms with Gasteiger partial charge >= 0.3 is 5.97 Å². The molecular formula is C17H20N2O4S. The topological polar surface area (TPSA) is 75.7 Å². The Bertz CT molecular complexity index is 676. The minimum absolute atomic E-state index is 0.0420. The van der Waals surface area contributed by atoms with E-state index in [2.05, 4.69) is 5.32 Å². The van der Waals surface area contributed by atoms with Crippen molar-refractivity contribution in [3.63, 3.8) is 0 Å². The quantitative estimate of drug-likeness (QED) is 0.845. The zero-order valence-electron chi connectivity index (χ0n) is 13.7. The summed E-state index contributed by atoms with van der Waals surface area (Å²) < 4.78 is 4.93. The third kappa shape index (κ3) is 3.00. The Balaban J connectivity index is 1.67. The first-order valence-electron chi connectivity index (χ1n) is 7.99. The van der Waals surface area contributed by atoms with E-state index in [4.69, 9.17) is 4.74 Å². The zero-order chi connectivity index (χ0) is 17.3. The van der Waals surface area contributed by atoms with Gasteiger partial charge in [0.25, 0.3) is 0 Å². The first-order valence-corrected chi connectivity index (χ1v) is 8.97. The first-order chi connectivity index (χ1) is 11.4. The number of rotatable bonds is 4. The molecule has 24 heavy (non-hydrogen) atoms. The number of nitrogens with one attached hydrogen (secondary N) is 1. The number of carbonyl (C=O) groups is 3. The fourth-order valence-electron chi connectivity index (χ4n) is 3.14. The maximum Gasteiger partial charge on any atom is 0.338 e. The number of thioether (sulfide) groups is 1. The number of nitrogens with zero attached hydrogens (tertiary/aromatic N) is 1. The highest BCUT2D eigenvalue weighted by Crippen LogP contribution is 2.47. The largest absolute Gasteiger partial charge is 0.462 e. The first kappa shape index (κ1) is 16.8. The minimum Gasteiger partial charge on any atom is -0.462 e. The van der Waals surface area contributed by atoms with E-state index in [1.54, 1.807) is 47.9 Å². The molecule has 1 aromatic rings. The van der Waals surface area contributed by atoms with Gasteiger partial charge < -0.3 is 15.0 Å². The van der Waals surface area contributed by atoms with Gasteiger partial charge in [0.15, 0.2) is 0 Å². The molecule has 0 aliphatic carbocycles. The molecule has 0 spiro atoms. The molecule has 3 rings (SSSR count). The lowest BCUT2D eigenvalue weighted by Gasteiger charge is -2.29. The molecule has 6 nitrogen and oxygen atoms in total. The van der Waals surface area contributed by atoms with E-state index in [1.165, 1.54) is 0 Å². The van der Waals surface area contributed by atoms with Gasteiger partial charge in [-0.2, -0.15) is 0 Å². The predicted octanol–water partition coefficient (Wildman–Crippen LogP) is 2.26. The van der Waals surface area contributed by atoms with Gasteiger partial charge in [-0.05, 0) is 44.5 Å². The fourth-order valence-corrected chi connectivity index (χ4v) is 4.58. The molecule has 1 aromatic carbocycles. The van der Waals surface area contributed by atoms with E-state index >= 15 is 0 Å². The summed E-state index contributed by atoms with van der Waals surface area (Å²) in [6.07, 6.45) is 1.29. The van der Waals surface area contributed by atoms with Crippen LogP contribution in [-0.4, -0.2) is 46.0 Å². The van der Waals surface area contributed by atoms with Gasteiger partial charge in [0.2, 0.25) is 11.8 Å². The Morgan fingerprint density at radius 3 is 2.75 bits per heavy atom. The molecule has 128 valence electrons. The molecule has 2 amide bonds. The van der Waals surface area contributed by atoms with Crippen molar-refractivity contribution >= 4 is 35.2 Å². The summed E-state index contributed by atoms with van der Waals surface area (Å²) >= 11 is 1.66. The SMILES string of the molecule is CCOC(=O)c1ccc(NC(=O)C2CSC3(C)CCC(=O)N23)cc1. The number of hydrogen-bond donors (Lipinski definition) is 1. The van der Waals surface area contributed by atoms with Crippen LogP contribution < -0.4 is 5.32 Å². The molecule has 7 heteroatoms. The van der Waals surface area contributed by atoms with Gasteiger partial charge in [0.05, 0.1) is 17.0 Å². The number of fused-ring (bicyclic) bond motifs is 1. The maximum absolute atomic E-state index is 12.6. The second-order valence-corrected chi connectivity index (χ2v) is 7.55. The molecule has 0 saturated carbocycles. The molecule has 2 aliphatic rings. The van der Waals surface area contributed by atoms with Gasteiger partial charge in [-0.3, -0.25) is 9.59 Å². The number of ether oxygens (including phenoxy) is 1. The van der Waals surface area contributed by atoms with E-state index in [0.29, 0.717) is 30.0 Å². The highest BCUT2D eigenvalue weighted by atomic mass is 32.2. The summed E-state index contributed by atoms with van der Waals surface area (Å²) in [4.78, 5) is 37.7. The van der Waals surface area contributed by atoms with Crippen LogP contribution >= 0.6 is 11.8 Å². The molecule has 2 heterocycles. The van der Waals surface area contributed by atoms with Crippen molar-refractivity contribution in [2.45, 2.75) is 37.6 Å². The van der Waals surface area contributed by atoms with Crippen molar-refractivity contribution in [1.82, 2.24) is 4.90 Å². The van der Waals surface area contributed by atoms with Crippen molar-refractivity contribution in [2.24, 2.45) is 0 Å². The maximum atomic E-state index is 12.6. The summed E-state index contributed by atoms with van der Waals surface area (Å²) in [5.41, 5.74) is 1.03. The standard InChI is InChI=1S/C17H20N2O4S/c1-3-23-16(22)11-4-6-12(7-5-11)18-15(21)13-10-24-17(2)9-8-14(20)19(13)17/h4-7,13H,3,8-10H2,1-2H3,(H,18,21). The second kappa shape index (κ2) is 6.47. The van der Waals surface area contributed by atoms with E-state index in [0.717, 1.165) is 6.42 Å². The van der Waals surface area contributed by atoms with Crippen LogP contribution in [0.2, 0.25) is 0 Å². The lowest BCUT2D eigenvalue weighted by Crippen LogP contribution is -2.48. The van der Waals surface area contributed by atoms with Crippen LogP contribution in [0.5, 0.6) is 0 Å². The number of carbonyl (C=O) groups excluding carboxylic acids is 3. The zero-order valence-corrected chi connectivity index (χ0v) is 14.5. The van der Waals surface area contributed by atoms with Crippen LogP contribution in [0, 0.1) is 0 Å². The average molecular weight is 348 g/mol. The monoisotopic (exact) mass is 348 g/mol. The van der Waals surface area contributed by atoms with Crippen LogP contribution in [0.25, 0.3) is 0 Å². The van der Waals surface area contributed by atoms with Crippen LogP contribution in [0.1, 0.15) is 37.0 Å². The predicted molar refractivity (Wildman–Crippen MR) is 91.8 cm³/mol. The van der Waals surface area contributed by atoms with Crippen LogP contribution in [0.3, 0.4) is 0 Å². The summed E-state index contributed by atoms with van der Waals surface area (Å²) in [5, 5.41) is 2.83. The van der Waals surface area contributed by atoms with Gasteiger partial charge in [0, 0.05) is 17.9 Å². The van der Waals surface area contributed by atoms with E-state index in [-0.39, 0.29) is 22.7 Å². The minimum atomic E-state index is -0.445. The number of benzene rings is 1. The van der Waals surface area contributed by atoms with Gasteiger partial charge in [-0.1, -0.05) is 0 Å². The summed E-state index contributed by atoms with van der Waals surface area (Å²) in [6.45, 7) is 4.09. The third-order valence-electron chi connectivity index (χ3n) is 4.41. The van der Waals surface area contributed by atoms with Crippen molar-refractivity contribution in [3.05, 3.63) is 29.8 Å². The molecule has 0 bridgehead atoms. The Hall–Kier alpha value is -2.02. The molecule has 1 N–H and O–H groups in total. The van der Waals surface area contributed by atoms with Crippen molar-refractivity contribution in [3.8, 4) is 0 Å². The smallest absolute Gasteiger partial charge is 0.338 e. The van der Waals surface area contributed by atoms with E-state index in [1.807, 2.05) is 6.92 Å². The normalized spacial score (nSPS) is 25.5. The molecule has 0 aromatic heterocycles. The summed E-state index contributed by atoms with van der Waals surface area (Å²) in [6, 6.07) is 6.11. The second-order valence-electron chi connectivity index (χ2n) is 6.05. The lowest BCUT2D eigenvalue weighted by atomic mass is 10.2. The van der Waals surface area contributed by atoms with Crippen LogP contribution in [0.4, 0.5) is 5.69 Å². The molecule has 0 radical (unpaired) electrons. The van der Waals surface area contributed by atoms with Gasteiger partial charge in [-0.25, -0.2) is 4.79 Å². The van der Waals surface area contributed by atoms with E-state index in [9.17, 15) is 14.4 Å². The Morgan fingerprint density at radius 2 is 2.08 bits per heavy atom. The fraction of sp³-hybridized carbons (Fsp3) is 0.471. The summed E-state index contributed by atoms with van der Waals surface area (Å²) in [7, 11) is 0. The highest BCUT2D eigenvalue weighted by molar-refractivity contribution is 8.01. The Morgan fingerprint density at radius 1 is 1.38 bits per heavy atom. The molecule has 2 fully saturated rings. The molecule has 2 aliphatic heterocycles. The van der Waals surface area contributed by atoms with Crippen molar-refractivity contribution in [1.29, 1.82) is 0 Å². The average Bonchev–Trinajstić information content (AvgIpc) is 3.05. The number of hydrogen-bond acceptors (Lipinski definition) is 5. The van der Waals surface area contributed by atoms with Gasteiger partial charge in [-0.15, -0.1) is 11.8 Å². The van der Waals surface area contributed by atoms with Crippen molar-refractivity contribution < 1.29 is 19.1 Å². The summed E-state index contributed by atoms with van der Waals surface area (Å²) in [5.74, 6) is 0.0706. The van der Waals surface area contributed by atoms with Gasteiger partial charge in [0.1, 0.15) is 6.04 Å². The Kier molecular flexibility index (Phi) is 4.54. The van der Waals surface area contributed by atoms with Crippen LogP contribution in [0.15, 0.2) is 24.3 Å². The molecular weight excluding hydrogens is 328 g/mol. The van der Waals surface area contributed by atoms with Crippen LogP contribution in [-0.2, 0) is 14.3 Å². The molecule has 2 saturated heterocycles. The number of esters is 1.